The third-order valence-electron chi connectivity index (χ3n) is 5.95. The Labute approximate surface area is 124 Å². The molecule has 5 atom stereocenters. The molecule has 0 spiro atoms. The fraction of sp³-hybridized carbons (Fsp3) is 0.706. The second-order valence-electron chi connectivity index (χ2n) is 7.42. The molecule has 2 heterocycles. The van der Waals surface area contributed by atoms with E-state index in [1.54, 1.807) is 0 Å². The first-order valence-electron chi connectivity index (χ1n) is 7.80. The highest BCUT2D eigenvalue weighted by molar-refractivity contribution is 6.04. The zero-order valence-corrected chi connectivity index (χ0v) is 12.6. The van der Waals surface area contributed by atoms with Crippen LogP contribution < -0.4 is 0 Å². The highest BCUT2D eigenvalue weighted by Gasteiger charge is 2.59. The van der Waals surface area contributed by atoms with Gasteiger partial charge in [-0.25, -0.2) is 0 Å². The van der Waals surface area contributed by atoms with Gasteiger partial charge in [-0.2, -0.15) is 0 Å². The number of hydrogen-bond donors (Lipinski definition) is 1. The van der Waals surface area contributed by atoms with E-state index >= 15 is 0 Å². The van der Waals surface area contributed by atoms with Gasteiger partial charge >= 0.3 is 0 Å². The Bertz CT molecular complexity index is 577. The summed E-state index contributed by atoms with van der Waals surface area (Å²) < 4.78 is 11.9. The largest absolute Gasteiger partial charge is 0.488 e. The molecule has 2 fully saturated rings. The number of ether oxygens (including phenoxy) is 2. The van der Waals surface area contributed by atoms with Crippen LogP contribution >= 0.6 is 0 Å². The minimum Gasteiger partial charge on any atom is -0.488 e. The van der Waals surface area contributed by atoms with E-state index in [1.807, 2.05) is 0 Å². The molecule has 2 aliphatic carbocycles. The number of carbonyl (C=O) groups is 1. The summed E-state index contributed by atoms with van der Waals surface area (Å²) in [6.07, 6.45) is 2.82. The molecule has 1 saturated carbocycles. The Morgan fingerprint density at radius 2 is 2.24 bits per heavy atom. The van der Waals surface area contributed by atoms with Crippen LogP contribution in [0.5, 0.6) is 0 Å². The summed E-state index contributed by atoms with van der Waals surface area (Å²) in [7, 11) is 0. The lowest BCUT2D eigenvalue weighted by Gasteiger charge is -2.44. The molecule has 1 saturated heterocycles. The topological polar surface area (TPSA) is 55.8 Å². The molecule has 114 valence electrons. The van der Waals surface area contributed by atoms with Crippen LogP contribution in [0.15, 0.2) is 23.5 Å². The summed E-state index contributed by atoms with van der Waals surface area (Å²) in [4.78, 5) is 12.6. The van der Waals surface area contributed by atoms with Gasteiger partial charge in [0.1, 0.15) is 17.5 Å². The van der Waals surface area contributed by atoms with Gasteiger partial charge in [-0.3, -0.25) is 4.79 Å². The average Bonchev–Trinajstić information content (AvgIpc) is 2.94. The van der Waals surface area contributed by atoms with Gasteiger partial charge in [-0.1, -0.05) is 12.2 Å². The molecular weight excluding hydrogens is 268 g/mol. The number of ketones is 1. The van der Waals surface area contributed by atoms with Crippen LogP contribution in [-0.2, 0) is 14.3 Å². The maximum atomic E-state index is 12.6. The Kier molecular flexibility index (Phi) is 2.57. The number of Topliss-reactive ketones (excluding diaryl/α,β-unsaturated/α-hetero) is 1. The number of allylic oxidation sites excluding steroid dienone is 1. The summed E-state index contributed by atoms with van der Waals surface area (Å²) in [6, 6.07) is 0. The van der Waals surface area contributed by atoms with Gasteiger partial charge in [0.15, 0.2) is 11.4 Å². The van der Waals surface area contributed by atoms with Crippen LogP contribution in [0.3, 0.4) is 0 Å². The van der Waals surface area contributed by atoms with Crippen molar-refractivity contribution < 1.29 is 19.4 Å². The summed E-state index contributed by atoms with van der Waals surface area (Å²) in [5.74, 6) is 1.19. The van der Waals surface area contributed by atoms with Crippen LogP contribution in [0.25, 0.3) is 0 Å². The van der Waals surface area contributed by atoms with Gasteiger partial charge in [0.05, 0.1) is 6.61 Å². The third kappa shape index (κ3) is 1.66. The second kappa shape index (κ2) is 3.99. The molecule has 21 heavy (non-hydrogen) atoms. The molecule has 5 unspecified atom stereocenters. The molecule has 0 aromatic heterocycles. The van der Waals surface area contributed by atoms with Crippen molar-refractivity contribution in [2.24, 2.45) is 11.8 Å². The van der Waals surface area contributed by atoms with E-state index in [4.69, 9.17) is 9.47 Å². The molecule has 2 bridgehead atoms. The Hall–Kier alpha value is -1.13. The van der Waals surface area contributed by atoms with E-state index in [1.165, 1.54) is 0 Å². The predicted molar refractivity (Wildman–Crippen MR) is 76.5 cm³/mol. The fourth-order valence-corrected chi connectivity index (χ4v) is 4.70. The Morgan fingerprint density at radius 3 is 2.95 bits per heavy atom. The van der Waals surface area contributed by atoms with Gasteiger partial charge in [0, 0.05) is 17.9 Å². The molecule has 0 aromatic rings. The van der Waals surface area contributed by atoms with Crippen molar-refractivity contribution in [3.63, 3.8) is 0 Å². The Morgan fingerprint density at radius 1 is 1.48 bits per heavy atom. The van der Waals surface area contributed by atoms with Crippen LogP contribution in [0.4, 0.5) is 0 Å². The van der Waals surface area contributed by atoms with Crippen molar-refractivity contribution in [1.29, 1.82) is 0 Å². The summed E-state index contributed by atoms with van der Waals surface area (Å²) in [5.41, 5.74) is 0.279. The number of carbonyl (C=O) groups excluding carboxylic acids is 1. The molecule has 4 heteroatoms. The average molecular weight is 290 g/mol. The van der Waals surface area contributed by atoms with E-state index < -0.39 is 5.60 Å². The molecular formula is C17H22O4. The van der Waals surface area contributed by atoms with Gasteiger partial charge in [0.2, 0.25) is 0 Å². The lowest BCUT2D eigenvalue weighted by molar-refractivity contribution is -0.136. The first kappa shape index (κ1) is 13.5. The first-order valence-corrected chi connectivity index (χ1v) is 7.80. The van der Waals surface area contributed by atoms with Crippen molar-refractivity contribution in [1.82, 2.24) is 0 Å². The van der Waals surface area contributed by atoms with Gasteiger partial charge < -0.3 is 14.6 Å². The zero-order valence-electron chi connectivity index (χ0n) is 12.6. The van der Waals surface area contributed by atoms with Crippen molar-refractivity contribution in [2.75, 3.05) is 6.61 Å². The number of aliphatic hydroxyl groups is 1. The third-order valence-corrected chi connectivity index (χ3v) is 5.95. The highest BCUT2D eigenvalue weighted by atomic mass is 16.6. The highest BCUT2D eigenvalue weighted by Crippen LogP contribution is 2.55. The minimum absolute atomic E-state index is 0.0954. The predicted octanol–water partition coefficient (Wildman–Crippen LogP) is 2.12. The van der Waals surface area contributed by atoms with E-state index in [0.717, 1.165) is 18.4 Å². The molecule has 1 N–H and O–H groups in total. The minimum atomic E-state index is -1.32. The van der Waals surface area contributed by atoms with Crippen molar-refractivity contribution in [2.45, 2.75) is 56.8 Å². The van der Waals surface area contributed by atoms with Crippen LogP contribution in [0, 0.1) is 11.8 Å². The Balaban J connectivity index is 1.75. The SMILES string of the molecule is C=C(C)C1CCC2(C)OC3=C(CC12)C(=O)C1(O)COC3C1. The quantitative estimate of drug-likeness (QED) is 0.752. The molecule has 0 radical (unpaired) electrons. The van der Waals surface area contributed by atoms with E-state index in [0.29, 0.717) is 30.1 Å². The fourth-order valence-electron chi connectivity index (χ4n) is 4.70. The lowest BCUT2D eigenvalue weighted by Crippen LogP contribution is -2.49. The monoisotopic (exact) mass is 290 g/mol. The molecule has 2 aliphatic heterocycles. The smallest absolute Gasteiger partial charge is 0.196 e. The second-order valence-corrected chi connectivity index (χ2v) is 7.42. The number of hydrogen-bond acceptors (Lipinski definition) is 4. The first-order chi connectivity index (χ1) is 9.84. The summed E-state index contributed by atoms with van der Waals surface area (Å²) in [5, 5.41) is 10.4. The number of rotatable bonds is 1. The number of fused-ring (bicyclic) bond motifs is 4. The van der Waals surface area contributed by atoms with E-state index in [-0.39, 0.29) is 30.0 Å². The molecule has 4 aliphatic rings. The van der Waals surface area contributed by atoms with Crippen LogP contribution in [0.2, 0.25) is 0 Å². The van der Waals surface area contributed by atoms with E-state index in [2.05, 4.69) is 20.4 Å². The summed E-state index contributed by atoms with van der Waals surface area (Å²) >= 11 is 0. The van der Waals surface area contributed by atoms with Crippen LogP contribution in [0.1, 0.15) is 39.5 Å². The molecule has 0 aromatic carbocycles. The zero-order chi connectivity index (χ0) is 15.0. The maximum Gasteiger partial charge on any atom is 0.196 e. The summed E-state index contributed by atoms with van der Waals surface area (Å²) in [6.45, 7) is 8.41. The van der Waals surface area contributed by atoms with Crippen molar-refractivity contribution >= 4 is 5.78 Å². The molecule has 0 amide bonds. The van der Waals surface area contributed by atoms with Gasteiger partial charge in [-0.05, 0) is 39.0 Å². The van der Waals surface area contributed by atoms with Crippen LogP contribution in [-0.4, -0.2) is 34.8 Å². The van der Waals surface area contributed by atoms with Gasteiger partial charge in [0.25, 0.3) is 0 Å². The van der Waals surface area contributed by atoms with Crippen molar-refractivity contribution in [3.05, 3.63) is 23.5 Å². The lowest BCUT2D eigenvalue weighted by atomic mass is 9.72. The maximum absolute atomic E-state index is 12.6. The van der Waals surface area contributed by atoms with E-state index in [9.17, 15) is 9.90 Å². The van der Waals surface area contributed by atoms with Gasteiger partial charge in [-0.15, -0.1) is 0 Å². The standard InChI is InChI=1S/C17H22O4/c1-9(2)10-4-5-16(3)12(10)6-11-14(21-16)13-7-17(19,8-20-13)15(11)18/h10,12-13,19H,1,4-8H2,2-3H3. The molecule has 4 nitrogen and oxygen atoms in total. The van der Waals surface area contributed by atoms with Crippen molar-refractivity contribution in [3.8, 4) is 0 Å². The molecule has 4 rings (SSSR count). The normalized spacial score (nSPS) is 48.0.